The summed E-state index contributed by atoms with van der Waals surface area (Å²) in [5, 5.41) is 1.19. The highest BCUT2D eigenvalue weighted by Crippen LogP contribution is 2.40. The van der Waals surface area contributed by atoms with Gasteiger partial charge in [-0.25, -0.2) is 4.98 Å². The van der Waals surface area contributed by atoms with Crippen LogP contribution < -0.4 is 5.56 Å². The zero-order valence-electron chi connectivity index (χ0n) is 18.5. The van der Waals surface area contributed by atoms with E-state index in [1.807, 2.05) is 18.2 Å². The maximum absolute atomic E-state index is 13.3. The number of nitrogens with one attached hydrogen (secondary N) is 2. The summed E-state index contributed by atoms with van der Waals surface area (Å²) in [6.45, 7) is 0. The topological polar surface area (TPSA) is 61.5 Å². The maximum Gasteiger partial charge on any atom is 0.416 e. The van der Waals surface area contributed by atoms with Gasteiger partial charge in [0, 0.05) is 28.4 Å². The molecule has 0 atom stereocenters. The van der Waals surface area contributed by atoms with Crippen molar-refractivity contribution in [2.24, 2.45) is 5.92 Å². The molecule has 2 heterocycles. The van der Waals surface area contributed by atoms with Crippen molar-refractivity contribution in [1.29, 1.82) is 0 Å². The molecular weight excluding hydrogens is 463 g/mol. The Morgan fingerprint density at radius 1 is 0.971 bits per heavy atom. The Morgan fingerprint density at radius 3 is 2.53 bits per heavy atom. The third-order valence-corrected chi connectivity index (χ3v) is 7.24. The quantitative estimate of drug-likeness (QED) is 0.308. The van der Waals surface area contributed by atoms with Gasteiger partial charge in [0.25, 0.3) is 0 Å². The Labute approximate surface area is 199 Å². The summed E-state index contributed by atoms with van der Waals surface area (Å²) in [5.41, 5.74) is 2.11. The summed E-state index contributed by atoms with van der Waals surface area (Å²) in [6, 6.07) is 10.7. The lowest BCUT2D eigenvalue weighted by molar-refractivity contribution is -0.137. The van der Waals surface area contributed by atoms with Crippen LogP contribution in [-0.2, 0) is 12.6 Å². The number of hydrogen-bond donors (Lipinski definition) is 2. The van der Waals surface area contributed by atoms with Crippen LogP contribution in [0.15, 0.2) is 47.3 Å². The van der Waals surface area contributed by atoms with Crippen molar-refractivity contribution in [3.8, 4) is 0 Å². The number of halogens is 4. The number of nitrogens with zero attached hydrogens (tertiary/aromatic N) is 1. The molecule has 0 saturated heterocycles. The van der Waals surface area contributed by atoms with Crippen molar-refractivity contribution >= 4 is 33.5 Å². The van der Waals surface area contributed by atoms with Gasteiger partial charge in [0.1, 0.15) is 5.82 Å². The second-order valence-electron chi connectivity index (χ2n) is 9.30. The fourth-order valence-corrected chi connectivity index (χ4v) is 5.44. The predicted molar refractivity (Wildman–Crippen MR) is 128 cm³/mol. The minimum absolute atomic E-state index is 0.102. The van der Waals surface area contributed by atoms with E-state index in [1.54, 1.807) is 0 Å². The van der Waals surface area contributed by atoms with Gasteiger partial charge in [-0.3, -0.25) is 4.79 Å². The van der Waals surface area contributed by atoms with Crippen molar-refractivity contribution < 1.29 is 13.2 Å². The Balaban J connectivity index is 1.22. The molecule has 0 unspecified atom stereocenters. The van der Waals surface area contributed by atoms with Crippen molar-refractivity contribution in [3.63, 3.8) is 0 Å². The summed E-state index contributed by atoms with van der Waals surface area (Å²) in [7, 11) is 0. The zero-order chi connectivity index (χ0) is 23.9. The molecule has 178 valence electrons. The number of alkyl halides is 3. The molecule has 0 amide bonds. The average Bonchev–Trinajstić information content (AvgIpc) is 3.20. The molecule has 8 heteroatoms. The average molecular weight is 488 g/mol. The fraction of sp³-hybridized carbons (Fsp3) is 0.385. The summed E-state index contributed by atoms with van der Waals surface area (Å²) >= 11 is 6.04. The van der Waals surface area contributed by atoms with Crippen molar-refractivity contribution in [2.45, 2.75) is 57.0 Å². The molecule has 2 aromatic carbocycles. The number of pyridine rings is 1. The van der Waals surface area contributed by atoms with E-state index in [9.17, 15) is 18.0 Å². The second kappa shape index (κ2) is 9.10. The molecule has 1 fully saturated rings. The van der Waals surface area contributed by atoms with Gasteiger partial charge in [0.05, 0.1) is 16.6 Å². The molecule has 1 aliphatic rings. The molecular formula is C26H25ClF3N3O. The van der Waals surface area contributed by atoms with Crippen LogP contribution >= 0.6 is 11.6 Å². The maximum atomic E-state index is 13.3. The molecule has 2 aromatic heterocycles. The SMILES string of the molecule is O=c1cc(C2CCC(CCCc3nc4ccc(Cl)cc4[nH]3)CC2)c2cc(C(F)(F)F)ccc2[nH]1. The Hall–Kier alpha value is -2.80. The summed E-state index contributed by atoms with van der Waals surface area (Å²) in [6.07, 6.45) is 2.33. The minimum atomic E-state index is -4.41. The van der Waals surface area contributed by atoms with Gasteiger partial charge in [0.15, 0.2) is 0 Å². The lowest BCUT2D eigenvalue weighted by atomic mass is 9.76. The van der Waals surface area contributed by atoms with Crippen LogP contribution in [0.1, 0.15) is 61.4 Å². The van der Waals surface area contributed by atoms with Crippen molar-refractivity contribution in [1.82, 2.24) is 15.0 Å². The molecule has 4 aromatic rings. The standard InChI is InChI=1S/C26H25ClF3N3O/c27-18-9-11-22-23(13-18)32-24(31-22)3-1-2-15-4-6-16(7-5-15)19-14-25(34)33-21-10-8-17(12-20(19)21)26(28,29)30/h8-16H,1-7H2,(H,31,32)(H,33,34). The predicted octanol–water partition coefficient (Wildman–Crippen LogP) is 7.37. The van der Waals surface area contributed by atoms with E-state index < -0.39 is 11.7 Å². The number of benzene rings is 2. The third-order valence-electron chi connectivity index (χ3n) is 7.01. The largest absolute Gasteiger partial charge is 0.416 e. The molecule has 0 bridgehead atoms. The van der Waals surface area contributed by atoms with Crippen LogP contribution in [0, 0.1) is 5.92 Å². The van der Waals surface area contributed by atoms with Gasteiger partial charge < -0.3 is 9.97 Å². The van der Waals surface area contributed by atoms with Gasteiger partial charge in [-0.05, 0) is 85.9 Å². The normalized spacial score (nSPS) is 19.2. The molecule has 0 aliphatic heterocycles. The number of imidazole rings is 1. The van der Waals surface area contributed by atoms with Gasteiger partial charge in [-0.2, -0.15) is 13.2 Å². The molecule has 0 radical (unpaired) electrons. The first-order valence-electron chi connectivity index (χ1n) is 11.6. The number of hydrogen-bond acceptors (Lipinski definition) is 2. The molecule has 34 heavy (non-hydrogen) atoms. The highest BCUT2D eigenvalue weighted by Gasteiger charge is 2.31. The van der Waals surface area contributed by atoms with E-state index in [4.69, 9.17) is 11.6 Å². The smallest absolute Gasteiger partial charge is 0.342 e. The summed E-state index contributed by atoms with van der Waals surface area (Å²) < 4.78 is 39.8. The lowest BCUT2D eigenvalue weighted by Crippen LogP contribution is -2.17. The Bertz CT molecular complexity index is 1380. The number of aromatic nitrogens is 3. The lowest BCUT2D eigenvalue weighted by Gasteiger charge is -2.29. The molecule has 5 rings (SSSR count). The van der Waals surface area contributed by atoms with Crippen LogP contribution in [0.25, 0.3) is 21.9 Å². The van der Waals surface area contributed by atoms with Gasteiger partial charge in [0.2, 0.25) is 5.56 Å². The van der Waals surface area contributed by atoms with E-state index in [1.165, 1.54) is 18.2 Å². The number of H-pyrrole nitrogens is 2. The second-order valence-corrected chi connectivity index (χ2v) is 9.74. The third kappa shape index (κ3) is 4.85. The van der Waals surface area contributed by atoms with Crippen LogP contribution in [0.5, 0.6) is 0 Å². The Kier molecular flexibility index (Phi) is 6.15. The van der Waals surface area contributed by atoms with Crippen LogP contribution in [0.2, 0.25) is 5.02 Å². The van der Waals surface area contributed by atoms with E-state index in [-0.39, 0.29) is 11.5 Å². The van der Waals surface area contributed by atoms with E-state index >= 15 is 0 Å². The van der Waals surface area contributed by atoms with Gasteiger partial charge >= 0.3 is 6.18 Å². The first kappa shape index (κ1) is 23.0. The Morgan fingerprint density at radius 2 is 1.76 bits per heavy atom. The number of fused-ring (bicyclic) bond motifs is 2. The van der Waals surface area contributed by atoms with E-state index in [0.717, 1.165) is 73.4 Å². The molecule has 2 N–H and O–H groups in total. The van der Waals surface area contributed by atoms with Gasteiger partial charge in [-0.1, -0.05) is 18.0 Å². The van der Waals surface area contributed by atoms with Crippen LogP contribution in [0.4, 0.5) is 13.2 Å². The van der Waals surface area contributed by atoms with E-state index in [0.29, 0.717) is 21.8 Å². The minimum Gasteiger partial charge on any atom is -0.342 e. The first-order chi connectivity index (χ1) is 16.3. The van der Waals surface area contributed by atoms with Crippen LogP contribution in [-0.4, -0.2) is 15.0 Å². The van der Waals surface area contributed by atoms with Gasteiger partial charge in [-0.15, -0.1) is 0 Å². The summed E-state index contributed by atoms with van der Waals surface area (Å²) in [4.78, 5) is 22.8. The molecule has 1 saturated carbocycles. The van der Waals surface area contributed by atoms with Crippen molar-refractivity contribution in [3.05, 3.63) is 74.8 Å². The molecule has 4 nitrogen and oxygen atoms in total. The van der Waals surface area contributed by atoms with Crippen LogP contribution in [0.3, 0.4) is 0 Å². The number of aryl methyl sites for hydroxylation is 1. The highest BCUT2D eigenvalue weighted by atomic mass is 35.5. The molecule has 1 aliphatic carbocycles. The van der Waals surface area contributed by atoms with Crippen molar-refractivity contribution in [2.75, 3.05) is 0 Å². The zero-order valence-corrected chi connectivity index (χ0v) is 19.3. The number of rotatable bonds is 5. The molecule has 0 spiro atoms. The monoisotopic (exact) mass is 487 g/mol. The fourth-order valence-electron chi connectivity index (χ4n) is 5.27. The summed E-state index contributed by atoms with van der Waals surface area (Å²) in [5.74, 6) is 1.64. The highest BCUT2D eigenvalue weighted by molar-refractivity contribution is 6.31. The number of aromatic amines is 2. The van der Waals surface area contributed by atoms with E-state index in [2.05, 4.69) is 15.0 Å². The first-order valence-corrected chi connectivity index (χ1v) is 12.0.